The Hall–Kier alpha value is -2.12. The predicted octanol–water partition coefficient (Wildman–Crippen LogP) is 0.719. The molecular weight excluding hydrogens is 264 g/mol. The highest BCUT2D eigenvalue weighted by molar-refractivity contribution is 5.82. The number of aromatic nitrogens is 2. The molecule has 0 aliphatic rings. The Labute approximate surface area is 116 Å². The Morgan fingerprint density at radius 2 is 2.10 bits per heavy atom. The molecule has 0 unspecified atom stereocenters. The summed E-state index contributed by atoms with van der Waals surface area (Å²) in [5, 5.41) is 17.6. The molecule has 1 rings (SSSR count). The summed E-state index contributed by atoms with van der Waals surface area (Å²) < 4.78 is 4.89. The number of aliphatic carboxylic acids is 1. The number of urea groups is 1. The van der Waals surface area contributed by atoms with Gasteiger partial charge in [0, 0.05) is 13.0 Å². The van der Waals surface area contributed by atoms with Gasteiger partial charge in [0.25, 0.3) is 0 Å². The Bertz CT molecular complexity index is 458. The lowest BCUT2D eigenvalue weighted by molar-refractivity contribution is -0.139. The highest BCUT2D eigenvalue weighted by Crippen LogP contribution is 2.04. The molecule has 0 spiro atoms. The zero-order valence-electron chi connectivity index (χ0n) is 11.8. The number of amides is 2. The SMILES string of the molecule is Cc1noc(CCNC(=O)N[C@H](CC(C)C)C(=O)O)n1. The number of rotatable bonds is 7. The quantitative estimate of drug-likeness (QED) is 0.679. The molecule has 3 N–H and O–H groups in total. The molecule has 20 heavy (non-hydrogen) atoms. The fourth-order valence-electron chi connectivity index (χ4n) is 1.63. The molecule has 0 saturated carbocycles. The van der Waals surface area contributed by atoms with Crippen molar-refractivity contribution in [2.24, 2.45) is 5.92 Å². The molecule has 0 saturated heterocycles. The third-order valence-electron chi connectivity index (χ3n) is 2.50. The van der Waals surface area contributed by atoms with Crippen molar-refractivity contribution in [2.75, 3.05) is 6.54 Å². The van der Waals surface area contributed by atoms with E-state index >= 15 is 0 Å². The zero-order chi connectivity index (χ0) is 15.1. The minimum Gasteiger partial charge on any atom is -0.480 e. The van der Waals surface area contributed by atoms with Gasteiger partial charge < -0.3 is 20.3 Å². The van der Waals surface area contributed by atoms with E-state index in [2.05, 4.69) is 20.8 Å². The van der Waals surface area contributed by atoms with Crippen LogP contribution in [0.4, 0.5) is 4.79 Å². The van der Waals surface area contributed by atoms with Crippen molar-refractivity contribution in [1.82, 2.24) is 20.8 Å². The number of aryl methyl sites for hydroxylation is 1. The van der Waals surface area contributed by atoms with Crippen molar-refractivity contribution in [3.63, 3.8) is 0 Å². The Balaban J connectivity index is 2.32. The summed E-state index contributed by atoms with van der Waals surface area (Å²) >= 11 is 0. The first kappa shape index (κ1) is 15.9. The molecular formula is C12H20N4O4. The number of carbonyl (C=O) groups excluding carboxylic acids is 1. The molecule has 0 aliphatic carbocycles. The van der Waals surface area contributed by atoms with Crippen LogP contribution in [0, 0.1) is 12.8 Å². The third-order valence-corrected chi connectivity index (χ3v) is 2.50. The smallest absolute Gasteiger partial charge is 0.326 e. The summed E-state index contributed by atoms with van der Waals surface area (Å²) in [5.74, 6) is 0.103. The van der Waals surface area contributed by atoms with Crippen molar-refractivity contribution >= 4 is 12.0 Å². The molecule has 8 heteroatoms. The summed E-state index contributed by atoms with van der Waals surface area (Å²) in [6.45, 7) is 5.79. The molecule has 112 valence electrons. The summed E-state index contributed by atoms with van der Waals surface area (Å²) in [7, 11) is 0. The molecule has 0 fully saturated rings. The van der Waals surface area contributed by atoms with Gasteiger partial charge in [0.05, 0.1) is 0 Å². The normalized spacial score (nSPS) is 12.2. The van der Waals surface area contributed by atoms with Crippen LogP contribution in [0.2, 0.25) is 0 Å². The van der Waals surface area contributed by atoms with E-state index in [9.17, 15) is 9.59 Å². The average molecular weight is 284 g/mol. The molecule has 1 aromatic heterocycles. The van der Waals surface area contributed by atoms with Gasteiger partial charge in [-0.05, 0) is 19.3 Å². The standard InChI is InChI=1S/C12H20N4O4/c1-7(2)6-9(11(17)18)15-12(19)13-5-4-10-14-8(3)16-20-10/h7,9H,4-6H2,1-3H3,(H,17,18)(H2,13,15,19)/t9-/m1/s1. The van der Waals surface area contributed by atoms with Crippen LogP contribution in [0.3, 0.4) is 0 Å². The summed E-state index contributed by atoms with van der Waals surface area (Å²) in [6, 6.07) is -1.41. The van der Waals surface area contributed by atoms with E-state index in [1.54, 1.807) is 6.92 Å². The van der Waals surface area contributed by atoms with E-state index < -0.39 is 18.0 Å². The molecule has 1 atom stereocenters. The molecule has 0 bridgehead atoms. The van der Waals surface area contributed by atoms with E-state index in [1.165, 1.54) is 0 Å². The maximum Gasteiger partial charge on any atom is 0.326 e. The van der Waals surface area contributed by atoms with Crippen LogP contribution in [0.1, 0.15) is 32.0 Å². The van der Waals surface area contributed by atoms with Gasteiger partial charge in [-0.1, -0.05) is 19.0 Å². The van der Waals surface area contributed by atoms with Gasteiger partial charge in [0.1, 0.15) is 6.04 Å². The Kier molecular flexibility index (Phi) is 5.95. The molecule has 1 heterocycles. The van der Waals surface area contributed by atoms with E-state index in [0.29, 0.717) is 31.1 Å². The molecule has 8 nitrogen and oxygen atoms in total. The van der Waals surface area contributed by atoms with Crippen LogP contribution in [-0.4, -0.2) is 39.8 Å². The van der Waals surface area contributed by atoms with Crippen molar-refractivity contribution in [2.45, 2.75) is 39.7 Å². The average Bonchev–Trinajstić information content (AvgIpc) is 2.73. The second-order valence-electron chi connectivity index (χ2n) is 4.91. The Morgan fingerprint density at radius 3 is 2.60 bits per heavy atom. The van der Waals surface area contributed by atoms with E-state index in [-0.39, 0.29) is 5.92 Å². The van der Waals surface area contributed by atoms with Crippen molar-refractivity contribution in [3.8, 4) is 0 Å². The Morgan fingerprint density at radius 1 is 1.40 bits per heavy atom. The maximum atomic E-state index is 11.6. The second kappa shape index (κ2) is 7.46. The van der Waals surface area contributed by atoms with Crippen LogP contribution in [-0.2, 0) is 11.2 Å². The largest absolute Gasteiger partial charge is 0.480 e. The van der Waals surface area contributed by atoms with E-state index in [0.717, 1.165) is 0 Å². The highest BCUT2D eigenvalue weighted by atomic mass is 16.5. The highest BCUT2D eigenvalue weighted by Gasteiger charge is 2.20. The van der Waals surface area contributed by atoms with Crippen molar-refractivity contribution < 1.29 is 19.2 Å². The number of nitrogens with one attached hydrogen (secondary N) is 2. The number of nitrogens with zero attached hydrogens (tertiary/aromatic N) is 2. The van der Waals surface area contributed by atoms with Gasteiger partial charge in [-0.25, -0.2) is 9.59 Å². The summed E-state index contributed by atoms with van der Waals surface area (Å²) in [5.41, 5.74) is 0. The first-order chi connectivity index (χ1) is 9.38. The molecule has 0 radical (unpaired) electrons. The lowest BCUT2D eigenvalue weighted by atomic mass is 10.0. The minimum atomic E-state index is -1.04. The summed E-state index contributed by atoms with van der Waals surface area (Å²) in [6.07, 6.45) is 0.780. The predicted molar refractivity (Wildman–Crippen MR) is 70.2 cm³/mol. The topological polar surface area (TPSA) is 117 Å². The first-order valence-corrected chi connectivity index (χ1v) is 6.45. The number of carboxylic acids is 1. The van der Waals surface area contributed by atoms with Gasteiger partial charge in [-0.2, -0.15) is 4.98 Å². The van der Waals surface area contributed by atoms with E-state index in [1.807, 2.05) is 13.8 Å². The van der Waals surface area contributed by atoms with Crippen molar-refractivity contribution in [3.05, 3.63) is 11.7 Å². The summed E-state index contributed by atoms with van der Waals surface area (Å²) in [4.78, 5) is 26.6. The van der Waals surface area contributed by atoms with Gasteiger partial charge in [0.15, 0.2) is 5.82 Å². The first-order valence-electron chi connectivity index (χ1n) is 6.45. The fourth-order valence-corrected chi connectivity index (χ4v) is 1.63. The lowest BCUT2D eigenvalue weighted by Crippen LogP contribution is -2.47. The second-order valence-corrected chi connectivity index (χ2v) is 4.91. The molecule has 0 aromatic carbocycles. The van der Waals surface area contributed by atoms with Crippen LogP contribution in [0.25, 0.3) is 0 Å². The number of hydrogen-bond donors (Lipinski definition) is 3. The van der Waals surface area contributed by atoms with Gasteiger partial charge in [-0.3, -0.25) is 0 Å². The van der Waals surface area contributed by atoms with Crippen LogP contribution in [0.15, 0.2) is 4.52 Å². The fraction of sp³-hybridized carbons (Fsp3) is 0.667. The molecule has 0 aliphatic heterocycles. The van der Waals surface area contributed by atoms with Gasteiger partial charge in [-0.15, -0.1) is 0 Å². The van der Waals surface area contributed by atoms with Crippen molar-refractivity contribution in [1.29, 1.82) is 0 Å². The molecule has 2 amide bonds. The van der Waals surface area contributed by atoms with Gasteiger partial charge >= 0.3 is 12.0 Å². The van der Waals surface area contributed by atoms with Crippen LogP contribution < -0.4 is 10.6 Å². The minimum absolute atomic E-state index is 0.178. The third kappa shape index (κ3) is 5.68. The lowest BCUT2D eigenvalue weighted by Gasteiger charge is -2.16. The van der Waals surface area contributed by atoms with Crippen LogP contribution >= 0.6 is 0 Å². The zero-order valence-corrected chi connectivity index (χ0v) is 11.8. The number of carboxylic acid groups (broad SMARTS) is 1. The van der Waals surface area contributed by atoms with Crippen LogP contribution in [0.5, 0.6) is 0 Å². The molecule has 1 aromatic rings. The van der Waals surface area contributed by atoms with Gasteiger partial charge in [0.2, 0.25) is 5.89 Å². The number of carbonyl (C=O) groups is 2. The number of hydrogen-bond acceptors (Lipinski definition) is 5. The van der Waals surface area contributed by atoms with E-state index in [4.69, 9.17) is 9.63 Å². The maximum absolute atomic E-state index is 11.6. The monoisotopic (exact) mass is 284 g/mol.